The van der Waals surface area contributed by atoms with Gasteiger partial charge in [0.05, 0.1) is 6.04 Å². The standard InChI is InChI=1S/C20H25BrN2/c1-15-12-16(2)14-17(13-15)20(18-6-3-4-7-19(18)21)23-10-5-8-22-9-11-23/h3-4,6-7,12-14,20,22H,5,8-11H2,1-2H3. The van der Waals surface area contributed by atoms with Crippen LogP contribution in [0.2, 0.25) is 0 Å². The third kappa shape index (κ3) is 4.03. The lowest BCUT2D eigenvalue weighted by atomic mass is 9.94. The van der Waals surface area contributed by atoms with Crippen molar-refractivity contribution in [2.24, 2.45) is 0 Å². The zero-order valence-electron chi connectivity index (χ0n) is 14.0. The molecule has 23 heavy (non-hydrogen) atoms. The first-order valence-corrected chi connectivity index (χ1v) is 9.22. The van der Waals surface area contributed by atoms with Crippen LogP contribution in [0.4, 0.5) is 0 Å². The second-order valence-electron chi connectivity index (χ2n) is 6.48. The van der Waals surface area contributed by atoms with Gasteiger partial charge < -0.3 is 5.32 Å². The molecular weight excluding hydrogens is 348 g/mol. The first-order valence-electron chi connectivity index (χ1n) is 8.42. The van der Waals surface area contributed by atoms with Crippen LogP contribution in [0.1, 0.15) is 34.7 Å². The van der Waals surface area contributed by atoms with Gasteiger partial charge >= 0.3 is 0 Å². The second kappa shape index (κ2) is 7.61. The van der Waals surface area contributed by atoms with Gasteiger partial charge in [0.2, 0.25) is 0 Å². The van der Waals surface area contributed by atoms with Crippen molar-refractivity contribution in [2.45, 2.75) is 26.3 Å². The number of hydrogen-bond acceptors (Lipinski definition) is 2. The summed E-state index contributed by atoms with van der Waals surface area (Å²) in [4.78, 5) is 2.62. The smallest absolute Gasteiger partial charge is 0.0613 e. The summed E-state index contributed by atoms with van der Waals surface area (Å²) >= 11 is 3.78. The zero-order valence-corrected chi connectivity index (χ0v) is 15.6. The number of nitrogens with one attached hydrogen (secondary N) is 1. The minimum absolute atomic E-state index is 0.309. The van der Waals surface area contributed by atoms with Gasteiger partial charge in [-0.3, -0.25) is 4.90 Å². The predicted octanol–water partition coefficient (Wildman–Crippen LogP) is 4.45. The molecule has 0 aliphatic carbocycles. The number of hydrogen-bond donors (Lipinski definition) is 1. The largest absolute Gasteiger partial charge is 0.315 e. The van der Waals surface area contributed by atoms with Crippen molar-refractivity contribution in [3.05, 3.63) is 69.2 Å². The highest BCUT2D eigenvalue weighted by atomic mass is 79.9. The molecule has 1 unspecified atom stereocenters. The van der Waals surface area contributed by atoms with Gasteiger partial charge in [0.25, 0.3) is 0 Å². The van der Waals surface area contributed by atoms with E-state index in [1.807, 2.05) is 0 Å². The number of benzene rings is 2. The fourth-order valence-electron chi connectivity index (χ4n) is 3.58. The van der Waals surface area contributed by atoms with Gasteiger partial charge in [0.15, 0.2) is 0 Å². The van der Waals surface area contributed by atoms with Crippen LogP contribution < -0.4 is 5.32 Å². The van der Waals surface area contributed by atoms with Crippen LogP contribution in [-0.2, 0) is 0 Å². The Morgan fingerprint density at radius 3 is 2.48 bits per heavy atom. The average molecular weight is 373 g/mol. The fourth-order valence-corrected chi connectivity index (χ4v) is 4.08. The third-order valence-corrected chi connectivity index (χ3v) is 5.22. The van der Waals surface area contributed by atoms with Crippen LogP contribution >= 0.6 is 15.9 Å². The van der Waals surface area contributed by atoms with E-state index >= 15 is 0 Å². The van der Waals surface area contributed by atoms with E-state index < -0.39 is 0 Å². The van der Waals surface area contributed by atoms with E-state index in [9.17, 15) is 0 Å². The Hall–Kier alpha value is -1.16. The van der Waals surface area contributed by atoms with Gasteiger partial charge in [-0.15, -0.1) is 0 Å². The van der Waals surface area contributed by atoms with Crippen molar-refractivity contribution in [3.63, 3.8) is 0 Å². The monoisotopic (exact) mass is 372 g/mol. The quantitative estimate of drug-likeness (QED) is 0.855. The van der Waals surface area contributed by atoms with E-state index in [1.54, 1.807) is 0 Å². The SMILES string of the molecule is Cc1cc(C)cc(C(c2ccccc2Br)N2CCCNCC2)c1. The maximum absolute atomic E-state index is 3.78. The molecule has 1 heterocycles. The van der Waals surface area contributed by atoms with E-state index in [-0.39, 0.29) is 0 Å². The Balaban J connectivity index is 2.07. The summed E-state index contributed by atoms with van der Waals surface area (Å²) in [5, 5.41) is 3.52. The molecule has 0 amide bonds. The molecule has 1 atom stereocenters. The maximum Gasteiger partial charge on any atom is 0.0613 e. The van der Waals surface area contributed by atoms with E-state index in [2.05, 4.69) is 82.5 Å². The summed E-state index contributed by atoms with van der Waals surface area (Å²) < 4.78 is 1.20. The topological polar surface area (TPSA) is 15.3 Å². The Morgan fingerprint density at radius 1 is 1.00 bits per heavy atom. The molecule has 2 aromatic carbocycles. The van der Waals surface area contributed by atoms with Gasteiger partial charge in [-0.2, -0.15) is 0 Å². The molecule has 0 saturated carbocycles. The Labute approximate surface area is 148 Å². The fraction of sp³-hybridized carbons (Fsp3) is 0.400. The molecule has 1 fully saturated rings. The molecule has 2 nitrogen and oxygen atoms in total. The molecule has 3 heteroatoms. The first-order chi connectivity index (χ1) is 11.1. The van der Waals surface area contributed by atoms with Gasteiger partial charge in [-0.25, -0.2) is 0 Å². The number of aryl methyl sites for hydroxylation is 2. The van der Waals surface area contributed by atoms with Crippen molar-refractivity contribution in [1.29, 1.82) is 0 Å². The lowest BCUT2D eigenvalue weighted by molar-refractivity contribution is 0.240. The Morgan fingerprint density at radius 2 is 1.74 bits per heavy atom. The summed E-state index contributed by atoms with van der Waals surface area (Å²) in [6, 6.07) is 15.9. The van der Waals surface area contributed by atoms with Gasteiger partial charge in [0.1, 0.15) is 0 Å². The van der Waals surface area contributed by atoms with Gasteiger partial charge in [-0.1, -0.05) is 63.5 Å². The van der Waals surface area contributed by atoms with Crippen LogP contribution in [0, 0.1) is 13.8 Å². The first kappa shape index (κ1) is 16.7. The molecule has 0 radical (unpaired) electrons. The maximum atomic E-state index is 3.78. The van der Waals surface area contributed by atoms with E-state index in [0.717, 1.165) is 26.2 Å². The van der Waals surface area contributed by atoms with Gasteiger partial charge in [-0.05, 0) is 44.0 Å². The summed E-state index contributed by atoms with van der Waals surface area (Å²) in [5.41, 5.74) is 5.44. The van der Waals surface area contributed by atoms with Crippen LogP contribution in [0.3, 0.4) is 0 Å². The lowest BCUT2D eigenvalue weighted by Crippen LogP contribution is -2.33. The average Bonchev–Trinajstić information content (AvgIpc) is 2.78. The zero-order chi connectivity index (χ0) is 16.2. The van der Waals surface area contributed by atoms with Crippen LogP contribution in [0.25, 0.3) is 0 Å². The van der Waals surface area contributed by atoms with Crippen molar-refractivity contribution in [3.8, 4) is 0 Å². The summed E-state index contributed by atoms with van der Waals surface area (Å²) in [7, 11) is 0. The highest BCUT2D eigenvalue weighted by molar-refractivity contribution is 9.10. The van der Waals surface area contributed by atoms with E-state index in [1.165, 1.54) is 33.1 Å². The van der Waals surface area contributed by atoms with E-state index in [4.69, 9.17) is 0 Å². The molecule has 1 saturated heterocycles. The van der Waals surface area contributed by atoms with Crippen molar-refractivity contribution >= 4 is 15.9 Å². The Bertz CT molecular complexity index is 640. The molecule has 0 bridgehead atoms. The second-order valence-corrected chi connectivity index (χ2v) is 7.34. The van der Waals surface area contributed by atoms with Crippen molar-refractivity contribution in [2.75, 3.05) is 26.2 Å². The highest BCUT2D eigenvalue weighted by Crippen LogP contribution is 2.34. The predicted molar refractivity (Wildman–Crippen MR) is 101 cm³/mol. The molecule has 1 aliphatic rings. The van der Waals surface area contributed by atoms with Gasteiger partial charge in [0, 0.05) is 24.1 Å². The normalized spacial score (nSPS) is 17.7. The van der Waals surface area contributed by atoms with Crippen LogP contribution in [0.5, 0.6) is 0 Å². The molecular formula is C20H25BrN2. The lowest BCUT2D eigenvalue weighted by Gasteiger charge is -2.32. The Kier molecular flexibility index (Phi) is 5.52. The molecule has 0 spiro atoms. The number of halogens is 1. The van der Waals surface area contributed by atoms with E-state index in [0.29, 0.717) is 6.04 Å². The van der Waals surface area contributed by atoms with Crippen LogP contribution in [-0.4, -0.2) is 31.1 Å². The molecule has 1 N–H and O–H groups in total. The molecule has 1 aliphatic heterocycles. The number of rotatable bonds is 3. The molecule has 2 aromatic rings. The highest BCUT2D eigenvalue weighted by Gasteiger charge is 2.25. The molecule has 0 aromatic heterocycles. The number of nitrogens with zero attached hydrogens (tertiary/aromatic N) is 1. The third-order valence-electron chi connectivity index (χ3n) is 4.50. The minimum atomic E-state index is 0.309. The van der Waals surface area contributed by atoms with Crippen molar-refractivity contribution in [1.82, 2.24) is 10.2 Å². The van der Waals surface area contributed by atoms with Crippen molar-refractivity contribution < 1.29 is 0 Å². The van der Waals surface area contributed by atoms with Crippen LogP contribution in [0.15, 0.2) is 46.9 Å². The molecule has 3 rings (SSSR count). The summed E-state index contributed by atoms with van der Waals surface area (Å²) in [6.07, 6.45) is 1.20. The molecule has 122 valence electrons. The minimum Gasteiger partial charge on any atom is -0.315 e. The summed E-state index contributed by atoms with van der Waals surface area (Å²) in [6.45, 7) is 8.78. The summed E-state index contributed by atoms with van der Waals surface area (Å²) in [5.74, 6) is 0.